The van der Waals surface area contributed by atoms with Crippen LogP contribution in [0.2, 0.25) is 0 Å². The number of ether oxygens (including phenoxy) is 1. The van der Waals surface area contributed by atoms with E-state index in [0.29, 0.717) is 6.42 Å². The van der Waals surface area contributed by atoms with Gasteiger partial charge in [0, 0.05) is 15.9 Å². The third-order valence-electron chi connectivity index (χ3n) is 4.14. The smallest absolute Gasteiger partial charge is 0.237 e. The lowest BCUT2D eigenvalue weighted by Gasteiger charge is -2.27. The van der Waals surface area contributed by atoms with Crippen molar-refractivity contribution in [3.8, 4) is 0 Å². The van der Waals surface area contributed by atoms with E-state index in [-0.39, 0.29) is 32.5 Å². The minimum absolute atomic E-state index is 0. The van der Waals surface area contributed by atoms with E-state index in [2.05, 4.69) is 15.5 Å². The Hall–Kier alpha value is -0.980. The molecule has 0 bridgehead atoms. The molecule has 1 aliphatic rings. The second kappa shape index (κ2) is 13.3. The van der Waals surface area contributed by atoms with E-state index in [1.54, 1.807) is 14.0 Å². The molecule has 24 heavy (non-hydrogen) atoms. The van der Waals surface area contributed by atoms with Gasteiger partial charge in [0.2, 0.25) is 5.91 Å². The van der Waals surface area contributed by atoms with Crippen LogP contribution in [0.4, 0.5) is 0 Å². The fourth-order valence-corrected chi connectivity index (χ4v) is 2.75. The number of amides is 1. The van der Waals surface area contributed by atoms with Gasteiger partial charge in [-0.25, -0.2) is 0 Å². The van der Waals surface area contributed by atoms with Crippen LogP contribution in [-0.4, -0.2) is 68.6 Å². The van der Waals surface area contributed by atoms with Crippen molar-refractivity contribution < 1.29 is 17.2 Å². The number of nitrogens with zero attached hydrogens (tertiary/aromatic N) is 1. The molecule has 0 spiro atoms. The number of morpholine rings is 1. The zero-order valence-electron chi connectivity index (χ0n) is 16.4. The van der Waals surface area contributed by atoms with E-state index in [1.807, 2.05) is 27.7 Å². The summed E-state index contributed by atoms with van der Waals surface area (Å²) >= 11 is 0. The molecule has 0 aliphatic carbocycles. The molecule has 6 nitrogen and oxygen atoms in total. The molecule has 1 aliphatic heterocycles. The van der Waals surface area contributed by atoms with E-state index in [0.717, 1.165) is 39.3 Å². The highest BCUT2D eigenvalue weighted by atomic mass is 16.5. The molecular weight excluding hydrogens is 306 g/mol. The van der Waals surface area contributed by atoms with Gasteiger partial charge in [0.1, 0.15) is 0 Å². The normalized spacial score (nSPS) is 17.6. The lowest BCUT2D eigenvalue weighted by molar-refractivity contribution is -0.129. The van der Waals surface area contributed by atoms with Gasteiger partial charge < -0.3 is 15.4 Å². The lowest BCUT2D eigenvalue weighted by Crippen LogP contribution is -2.51. The SMILES string of the molecule is CC.CNC(C(=O)NC(CCCN1CCOCC1)C(C)=O)C(C)C.[HH].[HH]. The average Bonchev–Trinajstić information content (AvgIpc) is 2.57. The largest absolute Gasteiger partial charge is 0.379 e. The Labute approximate surface area is 150 Å². The molecule has 2 unspecified atom stereocenters. The lowest BCUT2D eigenvalue weighted by atomic mass is 10.0. The number of rotatable bonds is 9. The fourth-order valence-electron chi connectivity index (χ4n) is 2.75. The third kappa shape index (κ3) is 8.76. The van der Waals surface area contributed by atoms with Crippen molar-refractivity contribution in [3.05, 3.63) is 0 Å². The van der Waals surface area contributed by atoms with Crippen LogP contribution < -0.4 is 10.6 Å². The van der Waals surface area contributed by atoms with Gasteiger partial charge in [-0.05, 0) is 39.3 Å². The van der Waals surface area contributed by atoms with Crippen molar-refractivity contribution in [2.45, 2.75) is 59.5 Å². The van der Waals surface area contributed by atoms with Gasteiger partial charge in [-0.15, -0.1) is 0 Å². The Balaban J connectivity index is -0.00000127. The van der Waals surface area contributed by atoms with Crippen LogP contribution in [0.5, 0.6) is 0 Å². The summed E-state index contributed by atoms with van der Waals surface area (Å²) in [6.07, 6.45) is 1.59. The summed E-state index contributed by atoms with van der Waals surface area (Å²) in [6.45, 7) is 13.9. The number of ketones is 1. The minimum Gasteiger partial charge on any atom is -0.379 e. The molecule has 1 amide bonds. The van der Waals surface area contributed by atoms with Gasteiger partial charge in [0.15, 0.2) is 5.78 Å². The molecule has 1 heterocycles. The van der Waals surface area contributed by atoms with Crippen molar-refractivity contribution in [2.75, 3.05) is 39.9 Å². The minimum atomic E-state index is -0.386. The van der Waals surface area contributed by atoms with Crippen LogP contribution >= 0.6 is 0 Å². The summed E-state index contributed by atoms with van der Waals surface area (Å²) < 4.78 is 5.32. The van der Waals surface area contributed by atoms with Crippen molar-refractivity contribution in [2.24, 2.45) is 5.92 Å². The van der Waals surface area contributed by atoms with Crippen LogP contribution in [0.25, 0.3) is 0 Å². The quantitative estimate of drug-likeness (QED) is 0.667. The summed E-state index contributed by atoms with van der Waals surface area (Å²) in [4.78, 5) is 26.4. The summed E-state index contributed by atoms with van der Waals surface area (Å²) in [5, 5.41) is 5.90. The maximum absolute atomic E-state index is 12.2. The molecule has 2 N–H and O–H groups in total. The van der Waals surface area contributed by atoms with Gasteiger partial charge in [-0.2, -0.15) is 0 Å². The fraction of sp³-hybridized carbons (Fsp3) is 0.889. The maximum Gasteiger partial charge on any atom is 0.237 e. The average molecular weight is 348 g/mol. The molecule has 0 aromatic heterocycles. The van der Waals surface area contributed by atoms with Crippen LogP contribution in [-0.2, 0) is 14.3 Å². The summed E-state index contributed by atoms with van der Waals surface area (Å²) in [5.74, 6) is 0.115. The van der Waals surface area contributed by atoms with E-state index < -0.39 is 0 Å². The van der Waals surface area contributed by atoms with E-state index >= 15 is 0 Å². The Morgan fingerprint density at radius 3 is 2.25 bits per heavy atom. The number of hydrogen-bond acceptors (Lipinski definition) is 5. The standard InChI is InChI=1S/C16H31N3O3.C2H6.2H2/c1-12(2)15(17-4)16(21)18-14(13(3)20)6-5-7-19-8-10-22-11-9-19;1-2;;/h12,14-15,17H,5-11H2,1-4H3,(H,18,21);1-2H3;2*1H. The Morgan fingerprint density at radius 1 is 1.21 bits per heavy atom. The summed E-state index contributed by atoms with van der Waals surface area (Å²) in [7, 11) is 1.77. The molecule has 6 heteroatoms. The summed E-state index contributed by atoms with van der Waals surface area (Å²) in [6, 6.07) is -0.649. The van der Waals surface area contributed by atoms with E-state index in [9.17, 15) is 9.59 Å². The zero-order chi connectivity index (χ0) is 18.5. The first kappa shape index (κ1) is 23.0. The van der Waals surface area contributed by atoms with Crippen LogP contribution in [0, 0.1) is 5.92 Å². The molecule has 146 valence electrons. The molecule has 0 aromatic carbocycles. The first-order valence-electron chi connectivity index (χ1n) is 9.24. The predicted molar refractivity (Wildman–Crippen MR) is 102 cm³/mol. The number of nitrogens with one attached hydrogen (secondary N) is 2. The van der Waals surface area contributed by atoms with Gasteiger partial charge in [-0.3, -0.25) is 14.5 Å². The number of likely N-dealkylation sites (N-methyl/N-ethyl adjacent to an activating group) is 1. The molecule has 1 saturated heterocycles. The van der Waals surface area contributed by atoms with Crippen LogP contribution in [0.15, 0.2) is 0 Å². The molecule has 1 fully saturated rings. The highest BCUT2D eigenvalue weighted by Crippen LogP contribution is 2.06. The molecule has 1 rings (SSSR count). The second-order valence-electron chi connectivity index (χ2n) is 6.28. The van der Waals surface area contributed by atoms with Crippen LogP contribution in [0.3, 0.4) is 0 Å². The first-order chi connectivity index (χ1) is 11.5. The number of carbonyl (C=O) groups is 2. The molecular formula is C18H41N3O3. The van der Waals surface area contributed by atoms with Crippen LogP contribution in [0.1, 0.15) is 50.3 Å². The summed E-state index contributed by atoms with van der Waals surface area (Å²) in [5.41, 5.74) is 0. The first-order valence-corrected chi connectivity index (χ1v) is 9.24. The number of hydrogen-bond donors (Lipinski definition) is 2. The van der Waals surface area contributed by atoms with Gasteiger partial charge >= 0.3 is 0 Å². The third-order valence-corrected chi connectivity index (χ3v) is 4.14. The van der Waals surface area contributed by atoms with E-state index in [4.69, 9.17) is 4.74 Å². The highest BCUT2D eigenvalue weighted by molar-refractivity contribution is 5.89. The zero-order valence-corrected chi connectivity index (χ0v) is 16.4. The maximum atomic E-state index is 12.2. The van der Waals surface area contributed by atoms with Gasteiger partial charge in [0.25, 0.3) is 0 Å². The van der Waals surface area contributed by atoms with Crippen molar-refractivity contribution >= 4 is 11.7 Å². The Bertz CT molecular complexity index is 366. The molecule has 0 aromatic rings. The molecule has 0 radical (unpaired) electrons. The number of Topliss-reactive ketones (excluding diaryl/α,β-unsaturated/α-hetero) is 1. The van der Waals surface area contributed by atoms with Gasteiger partial charge in [-0.1, -0.05) is 27.7 Å². The topological polar surface area (TPSA) is 70.7 Å². The van der Waals surface area contributed by atoms with E-state index in [1.165, 1.54) is 0 Å². The number of carbonyl (C=O) groups excluding carboxylic acids is 2. The Morgan fingerprint density at radius 2 is 1.79 bits per heavy atom. The second-order valence-corrected chi connectivity index (χ2v) is 6.28. The van der Waals surface area contributed by atoms with Crippen molar-refractivity contribution in [1.29, 1.82) is 0 Å². The molecule has 2 atom stereocenters. The Kier molecular flexibility index (Phi) is 12.8. The molecule has 0 saturated carbocycles. The van der Waals surface area contributed by atoms with Crippen molar-refractivity contribution in [1.82, 2.24) is 15.5 Å². The van der Waals surface area contributed by atoms with Gasteiger partial charge in [0.05, 0.1) is 25.3 Å². The monoisotopic (exact) mass is 347 g/mol. The predicted octanol–water partition coefficient (Wildman–Crippen LogP) is 1.93. The highest BCUT2D eigenvalue weighted by Gasteiger charge is 2.24. The van der Waals surface area contributed by atoms with Crippen molar-refractivity contribution in [3.63, 3.8) is 0 Å².